The minimum absolute atomic E-state index is 0.0358. The highest BCUT2D eigenvalue weighted by molar-refractivity contribution is 7.72. The van der Waals surface area contributed by atoms with Gasteiger partial charge in [-0.25, -0.2) is 9.69 Å². The van der Waals surface area contributed by atoms with Crippen LogP contribution < -0.4 is 9.64 Å². The summed E-state index contributed by atoms with van der Waals surface area (Å²) in [4.78, 5) is 29.6. The van der Waals surface area contributed by atoms with E-state index in [2.05, 4.69) is 0 Å². The topological polar surface area (TPSA) is 127 Å². The summed E-state index contributed by atoms with van der Waals surface area (Å²) in [7, 11) is -7.12. The van der Waals surface area contributed by atoms with E-state index in [0.29, 0.717) is 16.9 Å². The zero-order chi connectivity index (χ0) is 32.9. The van der Waals surface area contributed by atoms with Gasteiger partial charge in [0.1, 0.15) is 16.8 Å². The molecule has 1 heterocycles. The Bertz CT molecular complexity index is 1370. The maximum Gasteiger partial charge on any atom is 0.421 e. The van der Waals surface area contributed by atoms with E-state index < -0.39 is 50.0 Å². The van der Waals surface area contributed by atoms with Crippen molar-refractivity contribution in [3.63, 3.8) is 0 Å². The molecule has 13 heteroatoms. The summed E-state index contributed by atoms with van der Waals surface area (Å²) in [5, 5.41) is -1.56. The van der Waals surface area contributed by atoms with E-state index in [9.17, 15) is 18.7 Å². The number of carbonyl (C=O) groups is 2. The highest BCUT2D eigenvalue weighted by Gasteiger charge is 2.62. The van der Waals surface area contributed by atoms with Crippen LogP contribution in [0.15, 0.2) is 42.5 Å². The van der Waals surface area contributed by atoms with Crippen molar-refractivity contribution in [3.05, 3.63) is 59.2 Å². The lowest BCUT2D eigenvalue weighted by molar-refractivity contribution is -0.121. The first-order valence-corrected chi connectivity index (χ1v) is 18.0. The lowest BCUT2D eigenvalue weighted by Gasteiger charge is -2.37. The van der Waals surface area contributed by atoms with E-state index >= 15 is 0 Å². The molecule has 0 fully saturated rings. The number of amides is 2. The van der Waals surface area contributed by atoms with Crippen molar-refractivity contribution in [1.82, 2.24) is 0 Å². The molecule has 0 bridgehead atoms. The van der Waals surface area contributed by atoms with E-state index in [-0.39, 0.29) is 32.1 Å². The third-order valence-corrected chi connectivity index (χ3v) is 13.0. The summed E-state index contributed by atoms with van der Waals surface area (Å²) in [5.74, 6) is -0.283. The van der Waals surface area contributed by atoms with Crippen LogP contribution in [0.3, 0.4) is 0 Å². The molecule has 2 amide bonds. The van der Waals surface area contributed by atoms with Gasteiger partial charge in [-0.2, -0.15) is 0 Å². The van der Waals surface area contributed by atoms with Crippen LogP contribution in [-0.2, 0) is 42.2 Å². The largest absolute Gasteiger partial charge is 0.497 e. The maximum atomic E-state index is 15.0. The number of aryl methyl sites for hydroxylation is 1. The summed E-state index contributed by atoms with van der Waals surface area (Å²) >= 11 is 0. The monoisotopic (exact) mass is 653 g/mol. The Hall–Kier alpha value is -2.52. The van der Waals surface area contributed by atoms with Crippen LogP contribution in [-0.4, -0.2) is 56.5 Å². The van der Waals surface area contributed by atoms with Gasteiger partial charge in [-0.1, -0.05) is 29.8 Å². The predicted molar refractivity (Wildman–Crippen MR) is 169 cm³/mol. The number of hydrogen-bond acceptors (Lipinski definition) is 10. The summed E-state index contributed by atoms with van der Waals surface area (Å²) < 4.78 is 63.5. The third-order valence-electron chi connectivity index (χ3n) is 7.05. The van der Waals surface area contributed by atoms with E-state index in [4.69, 9.17) is 27.6 Å². The molecule has 1 aliphatic rings. The number of carbonyl (C=O) groups excluding carboxylic acids is 2. The van der Waals surface area contributed by atoms with Gasteiger partial charge in [0.25, 0.3) is 5.91 Å². The van der Waals surface area contributed by atoms with Gasteiger partial charge >= 0.3 is 21.3 Å². The summed E-state index contributed by atoms with van der Waals surface area (Å²) in [6.07, 6.45) is -1.31. The molecular formula is C31H45NO10P2. The zero-order valence-corrected chi connectivity index (χ0v) is 28.9. The van der Waals surface area contributed by atoms with Crippen LogP contribution in [0.1, 0.15) is 71.6 Å². The molecule has 0 aliphatic carbocycles. The molecule has 1 atom stereocenters. The lowest BCUT2D eigenvalue weighted by atomic mass is 9.73. The molecule has 0 spiro atoms. The van der Waals surface area contributed by atoms with Crippen molar-refractivity contribution in [2.24, 2.45) is 0 Å². The Morgan fingerprint density at radius 2 is 1.36 bits per heavy atom. The first-order chi connectivity index (χ1) is 20.7. The first-order valence-electron chi connectivity index (χ1n) is 14.8. The van der Waals surface area contributed by atoms with Gasteiger partial charge in [-0.3, -0.25) is 13.9 Å². The van der Waals surface area contributed by atoms with Gasteiger partial charge < -0.3 is 27.6 Å². The van der Waals surface area contributed by atoms with Gasteiger partial charge in [-0.15, -0.1) is 0 Å². The van der Waals surface area contributed by atoms with E-state index in [1.54, 1.807) is 78.8 Å². The van der Waals surface area contributed by atoms with Crippen LogP contribution in [0, 0.1) is 6.92 Å². The Balaban J connectivity index is 2.47. The van der Waals surface area contributed by atoms with Crippen LogP contribution in [0.5, 0.6) is 5.75 Å². The van der Waals surface area contributed by atoms with Crippen molar-refractivity contribution < 1.29 is 46.3 Å². The van der Waals surface area contributed by atoms with Crippen molar-refractivity contribution in [1.29, 1.82) is 0 Å². The van der Waals surface area contributed by atoms with Crippen LogP contribution in [0.2, 0.25) is 0 Å². The van der Waals surface area contributed by atoms with Crippen LogP contribution in [0.25, 0.3) is 0 Å². The number of fused-ring (bicyclic) bond motifs is 1. The lowest BCUT2D eigenvalue weighted by Crippen LogP contribution is -2.47. The number of nitrogens with zero attached hydrogens (tertiary/aromatic N) is 1. The minimum atomic E-state index is -4.30. The quantitative estimate of drug-likeness (QED) is 0.186. The number of benzene rings is 2. The standard InChI is InChI=1S/C31H45NO10P2/c1-10-38-43(35,39-11-2)27(44(36,40-12-3)41-13-4)21-31(23-16-14-22(5)15-17-23)25-20-24(37-9)18-19-26(25)32(28(31)33)29(34)42-30(6,7)8/h14-20,27H,10-13,21H2,1-9H3/t31-/m1/s1. The fourth-order valence-corrected chi connectivity index (χ4v) is 10.8. The summed E-state index contributed by atoms with van der Waals surface area (Å²) in [6, 6.07) is 12.0. The molecule has 2 aromatic carbocycles. The number of imide groups is 1. The first kappa shape index (κ1) is 36.0. The smallest absolute Gasteiger partial charge is 0.421 e. The van der Waals surface area contributed by atoms with Gasteiger partial charge in [0.15, 0.2) is 5.40 Å². The van der Waals surface area contributed by atoms with Crippen molar-refractivity contribution in [3.8, 4) is 5.75 Å². The normalized spacial score (nSPS) is 17.2. The Morgan fingerprint density at radius 1 is 0.864 bits per heavy atom. The van der Waals surface area contributed by atoms with Gasteiger partial charge in [-0.05, 0) is 85.6 Å². The molecule has 0 radical (unpaired) electrons. The molecule has 44 heavy (non-hydrogen) atoms. The predicted octanol–water partition coefficient (Wildman–Crippen LogP) is 7.82. The zero-order valence-electron chi connectivity index (χ0n) is 27.1. The van der Waals surface area contributed by atoms with Crippen molar-refractivity contribution in [2.75, 3.05) is 38.4 Å². The maximum absolute atomic E-state index is 15.0. The molecule has 1 aliphatic heterocycles. The molecule has 3 rings (SSSR count). The molecule has 11 nitrogen and oxygen atoms in total. The molecule has 244 valence electrons. The highest BCUT2D eigenvalue weighted by Crippen LogP contribution is 2.73. The van der Waals surface area contributed by atoms with Crippen molar-refractivity contribution in [2.45, 2.75) is 78.2 Å². The molecule has 0 unspecified atom stereocenters. The Labute approximate surface area is 260 Å². The molecule has 2 aromatic rings. The Morgan fingerprint density at radius 3 is 1.80 bits per heavy atom. The fourth-order valence-electron chi connectivity index (χ4n) is 5.32. The molecular weight excluding hydrogens is 608 g/mol. The third kappa shape index (κ3) is 7.14. The average molecular weight is 654 g/mol. The van der Waals surface area contributed by atoms with Gasteiger partial charge in [0, 0.05) is 5.56 Å². The number of hydrogen-bond donors (Lipinski definition) is 0. The number of rotatable bonds is 14. The highest BCUT2D eigenvalue weighted by atomic mass is 31.2. The second kappa shape index (κ2) is 14.3. The summed E-state index contributed by atoms with van der Waals surface area (Å²) in [6.45, 7) is 13.4. The second-order valence-electron chi connectivity index (χ2n) is 11.2. The minimum Gasteiger partial charge on any atom is -0.497 e. The van der Waals surface area contributed by atoms with Crippen LogP contribution in [0.4, 0.5) is 10.5 Å². The molecule has 0 aromatic heterocycles. The number of ether oxygens (including phenoxy) is 2. The van der Waals surface area contributed by atoms with Gasteiger partial charge in [0.05, 0.1) is 39.2 Å². The Kier molecular flexibility index (Phi) is 11.7. The summed E-state index contributed by atoms with van der Waals surface area (Å²) in [5.41, 5.74) is -0.675. The fraction of sp³-hybridized carbons (Fsp3) is 0.548. The van der Waals surface area contributed by atoms with Crippen LogP contribution >= 0.6 is 15.2 Å². The number of methoxy groups -OCH3 is 1. The van der Waals surface area contributed by atoms with E-state index in [1.807, 2.05) is 19.1 Å². The van der Waals surface area contributed by atoms with E-state index in [1.165, 1.54) is 7.11 Å². The molecule has 0 saturated heterocycles. The van der Waals surface area contributed by atoms with E-state index in [0.717, 1.165) is 10.5 Å². The molecule has 0 saturated carbocycles. The number of anilines is 1. The molecule has 0 N–H and O–H groups in total. The van der Waals surface area contributed by atoms with Crippen molar-refractivity contribution >= 4 is 32.9 Å². The second-order valence-corrected chi connectivity index (χ2v) is 16.1. The van der Waals surface area contributed by atoms with Gasteiger partial charge in [0.2, 0.25) is 0 Å². The SMILES string of the molecule is CCOP(=O)(OCC)C(C[C@]1(c2ccc(C)cc2)C(=O)N(C(=O)OC(C)(C)C)c2ccc(OC)cc21)P(=O)(OCC)OCC. The average Bonchev–Trinajstić information content (AvgIpc) is 3.19.